The molecule has 1 amide bonds. The van der Waals surface area contributed by atoms with Crippen LogP contribution >= 0.6 is 0 Å². The van der Waals surface area contributed by atoms with Gasteiger partial charge in [-0.3, -0.25) is 4.79 Å². The van der Waals surface area contributed by atoms with Gasteiger partial charge in [0, 0.05) is 11.3 Å². The second-order valence-corrected chi connectivity index (χ2v) is 7.07. The summed E-state index contributed by atoms with van der Waals surface area (Å²) in [6.45, 7) is 7.26. The summed E-state index contributed by atoms with van der Waals surface area (Å²) in [7, 11) is 0. The number of ether oxygens (including phenoxy) is 1. The summed E-state index contributed by atoms with van der Waals surface area (Å²) in [6.07, 6.45) is -0.987. The molecule has 0 aliphatic rings. The predicted octanol–water partition coefficient (Wildman–Crippen LogP) is 4.96. The van der Waals surface area contributed by atoms with E-state index < -0.39 is 18.0 Å². The SMILES string of the molecule is Cc1oc(-c2ccccc2)nc1C(=O)O[C@@H](C)C(=O)Nc1ccccc1C(C)C. The number of nitrogens with zero attached hydrogens (tertiary/aromatic N) is 1. The molecule has 1 aromatic heterocycles. The lowest BCUT2D eigenvalue weighted by Gasteiger charge is -2.16. The fourth-order valence-corrected chi connectivity index (χ4v) is 2.91. The van der Waals surface area contributed by atoms with Crippen LogP contribution in [0.2, 0.25) is 0 Å². The zero-order chi connectivity index (χ0) is 21.0. The molecule has 0 aliphatic heterocycles. The summed E-state index contributed by atoms with van der Waals surface area (Å²) in [5, 5.41) is 2.83. The maximum absolute atomic E-state index is 12.5. The third kappa shape index (κ3) is 4.71. The summed E-state index contributed by atoms with van der Waals surface area (Å²) in [4.78, 5) is 29.3. The van der Waals surface area contributed by atoms with Crippen molar-refractivity contribution in [2.75, 3.05) is 5.32 Å². The number of benzene rings is 2. The van der Waals surface area contributed by atoms with Crippen molar-refractivity contribution < 1.29 is 18.7 Å². The molecule has 3 rings (SSSR count). The molecule has 29 heavy (non-hydrogen) atoms. The van der Waals surface area contributed by atoms with Crippen LogP contribution in [0.4, 0.5) is 5.69 Å². The highest BCUT2D eigenvalue weighted by molar-refractivity contribution is 5.97. The number of esters is 1. The van der Waals surface area contributed by atoms with Gasteiger partial charge < -0.3 is 14.5 Å². The van der Waals surface area contributed by atoms with Crippen molar-refractivity contribution in [3.63, 3.8) is 0 Å². The molecule has 2 aromatic carbocycles. The second-order valence-electron chi connectivity index (χ2n) is 7.07. The molecule has 3 aromatic rings. The van der Waals surface area contributed by atoms with Crippen molar-refractivity contribution >= 4 is 17.6 Å². The summed E-state index contributed by atoms with van der Waals surface area (Å²) in [5.41, 5.74) is 2.54. The number of aryl methyl sites for hydroxylation is 1. The van der Waals surface area contributed by atoms with E-state index in [2.05, 4.69) is 10.3 Å². The largest absolute Gasteiger partial charge is 0.448 e. The molecule has 0 aliphatic carbocycles. The van der Waals surface area contributed by atoms with Gasteiger partial charge in [-0.15, -0.1) is 0 Å². The minimum atomic E-state index is -0.987. The number of hydrogen-bond donors (Lipinski definition) is 1. The van der Waals surface area contributed by atoms with Crippen molar-refractivity contribution in [2.24, 2.45) is 0 Å². The Bertz CT molecular complexity index is 1010. The van der Waals surface area contributed by atoms with Crippen molar-refractivity contribution in [1.29, 1.82) is 0 Å². The molecule has 6 heteroatoms. The summed E-state index contributed by atoms with van der Waals surface area (Å²) in [6, 6.07) is 16.8. The third-order valence-electron chi connectivity index (χ3n) is 4.50. The van der Waals surface area contributed by atoms with Gasteiger partial charge in [0.15, 0.2) is 11.8 Å². The van der Waals surface area contributed by atoms with Crippen molar-refractivity contribution in [2.45, 2.75) is 39.7 Å². The summed E-state index contributed by atoms with van der Waals surface area (Å²) < 4.78 is 10.9. The van der Waals surface area contributed by atoms with Crippen LogP contribution in [-0.4, -0.2) is 23.0 Å². The molecule has 1 N–H and O–H groups in total. The molecule has 0 unspecified atom stereocenters. The van der Waals surface area contributed by atoms with Gasteiger partial charge in [0.05, 0.1) is 0 Å². The Morgan fingerprint density at radius 2 is 1.66 bits per heavy atom. The number of para-hydroxylation sites is 1. The first-order valence-electron chi connectivity index (χ1n) is 9.50. The van der Waals surface area contributed by atoms with Gasteiger partial charge in [-0.25, -0.2) is 9.78 Å². The quantitative estimate of drug-likeness (QED) is 0.600. The predicted molar refractivity (Wildman–Crippen MR) is 111 cm³/mol. The Labute approximate surface area is 169 Å². The maximum atomic E-state index is 12.5. The number of hydrogen-bond acceptors (Lipinski definition) is 5. The number of nitrogens with one attached hydrogen (secondary N) is 1. The Kier molecular flexibility index (Phi) is 6.12. The van der Waals surface area contributed by atoms with Gasteiger partial charge >= 0.3 is 5.97 Å². The molecular formula is C23H24N2O4. The number of amides is 1. The monoisotopic (exact) mass is 392 g/mol. The van der Waals surface area contributed by atoms with Gasteiger partial charge in [-0.2, -0.15) is 0 Å². The first-order valence-corrected chi connectivity index (χ1v) is 9.50. The Hall–Kier alpha value is -3.41. The number of aromatic nitrogens is 1. The average Bonchev–Trinajstić information content (AvgIpc) is 3.10. The van der Waals surface area contributed by atoms with E-state index in [1.165, 1.54) is 6.92 Å². The third-order valence-corrected chi connectivity index (χ3v) is 4.50. The first-order chi connectivity index (χ1) is 13.9. The van der Waals surface area contributed by atoms with Gasteiger partial charge in [-0.1, -0.05) is 50.2 Å². The molecule has 1 heterocycles. The van der Waals surface area contributed by atoms with Gasteiger partial charge in [0.25, 0.3) is 5.91 Å². The molecule has 0 bridgehead atoms. The highest BCUT2D eigenvalue weighted by atomic mass is 16.5. The summed E-state index contributed by atoms with van der Waals surface area (Å²) >= 11 is 0. The normalized spacial score (nSPS) is 11.9. The van der Waals surface area contributed by atoms with E-state index in [1.54, 1.807) is 6.92 Å². The fraction of sp³-hybridized carbons (Fsp3) is 0.261. The second kappa shape index (κ2) is 8.73. The van der Waals surface area contributed by atoms with Crippen LogP contribution in [0.15, 0.2) is 59.0 Å². The van der Waals surface area contributed by atoms with Crippen molar-refractivity contribution in [3.8, 4) is 11.5 Å². The van der Waals surface area contributed by atoms with Crippen LogP contribution in [0.3, 0.4) is 0 Å². The minimum absolute atomic E-state index is 0.0612. The van der Waals surface area contributed by atoms with E-state index in [0.717, 1.165) is 11.1 Å². The van der Waals surface area contributed by atoms with Crippen LogP contribution in [0.1, 0.15) is 48.5 Å². The van der Waals surface area contributed by atoms with E-state index in [0.29, 0.717) is 17.3 Å². The maximum Gasteiger partial charge on any atom is 0.361 e. The highest BCUT2D eigenvalue weighted by Gasteiger charge is 2.25. The zero-order valence-electron chi connectivity index (χ0n) is 16.9. The standard InChI is InChI=1S/C23H24N2O4/c1-14(2)18-12-8-9-13-19(18)24-21(26)16(4)29-23(27)20-15(3)28-22(25-20)17-10-6-5-7-11-17/h5-14,16H,1-4H3,(H,24,26)/t16-/m0/s1. The lowest BCUT2D eigenvalue weighted by atomic mass is 10.0. The fourth-order valence-electron chi connectivity index (χ4n) is 2.91. The van der Waals surface area contributed by atoms with Crippen LogP contribution < -0.4 is 5.32 Å². The lowest BCUT2D eigenvalue weighted by Crippen LogP contribution is -2.30. The Balaban J connectivity index is 1.69. The van der Waals surface area contributed by atoms with Crippen LogP contribution in [0.25, 0.3) is 11.5 Å². The average molecular weight is 392 g/mol. The first kappa shape index (κ1) is 20.3. The minimum Gasteiger partial charge on any atom is -0.448 e. The molecular weight excluding hydrogens is 368 g/mol. The van der Waals surface area contributed by atoms with Crippen LogP contribution in [0.5, 0.6) is 0 Å². The van der Waals surface area contributed by atoms with E-state index in [-0.39, 0.29) is 11.6 Å². The van der Waals surface area contributed by atoms with E-state index in [4.69, 9.17) is 9.15 Å². The molecule has 150 valence electrons. The molecule has 0 saturated carbocycles. The smallest absolute Gasteiger partial charge is 0.361 e. The van der Waals surface area contributed by atoms with Gasteiger partial charge in [-0.05, 0) is 43.5 Å². The van der Waals surface area contributed by atoms with Gasteiger partial charge in [0.2, 0.25) is 5.89 Å². The molecule has 1 atom stereocenters. The van der Waals surface area contributed by atoms with Crippen molar-refractivity contribution in [1.82, 2.24) is 4.98 Å². The number of rotatable bonds is 6. The zero-order valence-corrected chi connectivity index (χ0v) is 16.9. The molecule has 0 fully saturated rings. The number of oxazole rings is 1. The number of carbonyl (C=O) groups is 2. The highest BCUT2D eigenvalue weighted by Crippen LogP contribution is 2.24. The molecule has 6 nitrogen and oxygen atoms in total. The molecule has 0 spiro atoms. The van der Waals surface area contributed by atoms with E-state index >= 15 is 0 Å². The lowest BCUT2D eigenvalue weighted by molar-refractivity contribution is -0.123. The topological polar surface area (TPSA) is 81.4 Å². The number of carbonyl (C=O) groups excluding carboxylic acids is 2. The Morgan fingerprint density at radius 1 is 1.00 bits per heavy atom. The van der Waals surface area contributed by atoms with Crippen LogP contribution in [-0.2, 0) is 9.53 Å². The summed E-state index contributed by atoms with van der Waals surface area (Å²) in [5.74, 6) is -0.188. The van der Waals surface area contributed by atoms with Crippen LogP contribution in [0, 0.1) is 6.92 Å². The Morgan fingerprint density at radius 3 is 2.34 bits per heavy atom. The molecule has 0 radical (unpaired) electrons. The van der Waals surface area contributed by atoms with Gasteiger partial charge in [0.1, 0.15) is 5.76 Å². The molecule has 0 saturated heterocycles. The van der Waals surface area contributed by atoms with E-state index in [1.807, 2.05) is 68.4 Å². The van der Waals surface area contributed by atoms with Crippen molar-refractivity contribution in [3.05, 3.63) is 71.6 Å². The van der Waals surface area contributed by atoms with E-state index in [9.17, 15) is 9.59 Å². The number of anilines is 1.